The van der Waals surface area contributed by atoms with Crippen LogP contribution in [0.2, 0.25) is 0 Å². The summed E-state index contributed by atoms with van der Waals surface area (Å²) in [5.41, 5.74) is 1.57. The van der Waals surface area contributed by atoms with Gasteiger partial charge in [-0.1, -0.05) is 11.8 Å². The molecule has 0 saturated carbocycles. The normalized spacial score (nSPS) is 8.87. The zero-order chi connectivity index (χ0) is 11.1. The summed E-state index contributed by atoms with van der Waals surface area (Å²) >= 11 is 5.47. The molecule has 0 heterocycles. The molecule has 0 saturated heterocycles. The molecular formula is C12H9ClO2. The second-order valence-electron chi connectivity index (χ2n) is 2.86. The van der Waals surface area contributed by atoms with E-state index >= 15 is 0 Å². The first kappa shape index (κ1) is 11.5. The highest BCUT2D eigenvalue weighted by Crippen LogP contribution is 2.06. The predicted molar refractivity (Wildman–Crippen MR) is 59.4 cm³/mol. The molecule has 0 aromatic heterocycles. The number of carbonyl (C=O) groups is 2. The maximum absolute atomic E-state index is 10.6. The minimum absolute atomic E-state index is 0.453. The average Bonchev–Trinajstić information content (AvgIpc) is 2.29. The zero-order valence-electron chi connectivity index (χ0n) is 8.00. The van der Waals surface area contributed by atoms with Crippen LogP contribution in [0.5, 0.6) is 0 Å². The Morgan fingerprint density at radius 1 is 1.13 bits per heavy atom. The van der Waals surface area contributed by atoms with Gasteiger partial charge in [0, 0.05) is 29.0 Å². The van der Waals surface area contributed by atoms with Crippen LogP contribution in [0.4, 0.5) is 0 Å². The molecule has 0 radical (unpaired) electrons. The highest BCUT2D eigenvalue weighted by atomic mass is 35.5. The third-order valence-electron chi connectivity index (χ3n) is 1.70. The van der Waals surface area contributed by atoms with Gasteiger partial charge >= 0.3 is 0 Å². The fraction of sp³-hybridized carbons (Fsp3) is 0.167. The van der Waals surface area contributed by atoms with Crippen molar-refractivity contribution in [2.45, 2.75) is 6.42 Å². The summed E-state index contributed by atoms with van der Waals surface area (Å²) in [6, 6.07) is 4.80. The van der Waals surface area contributed by atoms with E-state index in [1.807, 2.05) is 0 Å². The van der Waals surface area contributed by atoms with Crippen molar-refractivity contribution in [2.24, 2.45) is 0 Å². The van der Waals surface area contributed by atoms with Gasteiger partial charge in [0.05, 0.1) is 0 Å². The summed E-state index contributed by atoms with van der Waals surface area (Å²) in [4.78, 5) is 21.1. The van der Waals surface area contributed by atoms with Gasteiger partial charge in [0.15, 0.2) is 0 Å². The van der Waals surface area contributed by atoms with Gasteiger partial charge in [0.25, 0.3) is 0 Å². The lowest BCUT2D eigenvalue weighted by molar-refractivity contribution is 0.112. The molecule has 1 aromatic rings. The molecule has 0 aliphatic carbocycles. The molecule has 0 fully saturated rings. The average molecular weight is 221 g/mol. The second kappa shape index (κ2) is 6.00. The van der Waals surface area contributed by atoms with E-state index in [0.717, 1.165) is 0 Å². The molecule has 0 N–H and O–H groups in total. The van der Waals surface area contributed by atoms with E-state index in [0.29, 0.717) is 41.6 Å². The van der Waals surface area contributed by atoms with Crippen molar-refractivity contribution in [3.05, 3.63) is 34.9 Å². The smallest absolute Gasteiger partial charge is 0.150 e. The van der Waals surface area contributed by atoms with Crippen molar-refractivity contribution in [3.8, 4) is 11.8 Å². The van der Waals surface area contributed by atoms with E-state index in [9.17, 15) is 9.59 Å². The largest absolute Gasteiger partial charge is 0.298 e. The minimum Gasteiger partial charge on any atom is -0.298 e. The summed E-state index contributed by atoms with van der Waals surface area (Å²) in [5.74, 6) is 6.16. The molecule has 1 rings (SSSR count). The fourth-order valence-corrected chi connectivity index (χ4v) is 1.19. The number of hydrogen-bond donors (Lipinski definition) is 0. The van der Waals surface area contributed by atoms with Gasteiger partial charge in [-0.15, -0.1) is 11.6 Å². The lowest BCUT2D eigenvalue weighted by Crippen LogP contribution is -1.88. The van der Waals surface area contributed by atoms with Crippen LogP contribution >= 0.6 is 11.6 Å². The molecule has 1 aromatic carbocycles. The maximum Gasteiger partial charge on any atom is 0.150 e. The van der Waals surface area contributed by atoms with E-state index in [1.165, 1.54) is 6.07 Å². The van der Waals surface area contributed by atoms with Crippen molar-refractivity contribution in [2.75, 3.05) is 5.88 Å². The third kappa shape index (κ3) is 3.57. The van der Waals surface area contributed by atoms with Crippen LogP contribution < -0.4 is 0 Å². The summed E-state index contributed by atoms with van der Waals surface area (Å²) in [5, 5.41) is 0. The van der Waals surface area contributed by atoms with Gasteiger partial charge in [-0.3, -0.25) is 9.59 Å². The van der Waals surface area contributed by atoms with E-state index in [-0.39, 0.29) is 0 Å². The Kier molecular flexibility index (Phi) is 4.59. The van der Waals surface area contributed by atoms with Crippen LogP contribution in [0.15, 0.2) is 18.2 Å². The van der Waals surface area contributed by atoms with E-state index in [1.54, 1.807) is 12.1 Å². The first-order chi connectivity index (χ1) is 7.30. The lowest BCUT2D eigenvalue weighted by atomic mass is 10.1. The Bertz CT molecular complexity index is 401. The Morgan fingerprint density at radius 3 is 2.20 bits per heavy atom. The molecule has 0 bridgehead atoms. The molecule has 0 spiro atoms. The van der Waals surface area contributed by atoms with Crippen molar-refractivity contribution >= 4 is 24.2 Å². The van der Waals surface area contributed by atoms with Gasteiger partial charge in [-0.05, 0) is 18.2 Å². The molecule has 0 unspecified atom stereocenters. The molecule has 0 atom stereocenters. The highest BCUT2D eigenvalue weighted by molar-refractivity contribution is 6.18. The quantitative estimate of drug-likeness (QED) is 0.445. The van der Waals surface area contributed by atoms with Crippen molar-refractivity contribution in [1.82, 2.24) is 0 Å². The summed E-state index contributed by atoms with van der Waals surface area (Å²) in [6.45, 7) is 0. The van der Waals surface area contributed by atoms with Gasteiger partial charge < -0.3 is 0 Å². The lowest BCUT2D eigenvalue weighted by Gasteiger charge is -1.95. The van der Waals surface area contributed by atoms with Crippen LogP contribution in [0.25, 0.3) is 0 Å². The second-order valence-corrected chi connectivity index (χ2v) is 3.24. The first-order valence-electron chi connectivity index (χ1n) is 4.40. The van der Waals surface area contributed by atoms with Crippen LogP contribution in [-0.2, 0) is 0 Å². The van der Waals surface area contributed by atoms with Crippen LogP contribution in [0.3, 0.4) is 0 Å². The topological polar surface area (TPSA) is 34.1 Å². The number of aldehydes is 2. The number of benzene rings is 1. The fourth-order valence-electron chi connectivity index (χ4n) is 1.10. The van der Waals surface area contributed by atoms with E-state index in [4.69, 9.17) is 11.6 Å². The predicted octanol–water partition coefficient (Wildman–Crippen LogP) is 2.29. The number of hydrogen-bond acceptors (Lipinski definition) is 2. The Balaban J connectivity index is 3.03. The molecule has 76 valence electrons. The summed E-state index contributed by atoms with van der Waals surface area (Å²) in [7, 11) is 0. The number of rotatable bonds is 3. The van der Waals surface area contributed by atoms with Crippen LogP contribution in [-0.4, -0.2) is 18.5 Å². The zero-order valence-corrected chi connectivity index (χ0v) is 8.75. The molecule has 2 nitrogen and oxygen atoms in total. The van der Waals surface area contributed by atoms with Gasteiger partial charge in [-0.25, -0.2) is 0 Å². The number of alkyl halides is 1. The summed E-state index contributed by atoms with van der Waals surface area (Å²) < 4.78 is 0. The Morgan fingerprint density at radius 2 is 1.73 bits per heavy atom. The maximum atomic E-state index is 10.6. The number of halogens is 1. The number of carbonyl (C=O) groups excluding carboxylic acids is 2. The molecule has 0 amide bonds. The molecular weight excluding hydrogens is 212 g/mol. The van der Waals surface area contributed by atoms with Crippen LogP contribution in [0.1, 0.15) is 32.7 Å². The Labute approximate surface area is 93.2 Å². The SMILES string of the molecule is O=Cc1cc(C#CCCCl)cc(C=O)c1. The third-order valence-corrected chi connectivity index (χ3v) is 1.89. The monoisotopic (exact) mass is 220 g/mol. The van der Waals surface area contributed by atoms with E-state index in [2.05, 4.69) is 11.8 Å². The van der Waals surface area contributed by atoms with Crippen molar-refractivity contribution < 1.29 is 9.59 Å². The molecule has 15 heavy (non-hydrogen) atoms. The summed E-state index contributed by atoms with van der Waals surface area (Å²) in [6.07, 6.45) is 1.97. The minimum atomic E-state index is 0.453. The molecule has 3 heteroatoms. The molecule has 0 aliphatic heterocycles. The van der Waals surface area contributed by atoms with E-state index < -0.39 is 0 Å². The van der Waals surface area contributed by atoms with Crippen molar-refractivity contribution in [1.29, 1.82) is 0 Å². The molecule has 0 aliphatic rings. The highest BCUT2D eigenvalue weighted by Gasteiger charge is 1.97. The van der Waals surface area contributed by atoms with Gasteiger partial charge in [0.2, 0.25) is 0 Å². The van der Waals surface area contributed by atoms with Crippen LogP contribution in [0, 0.1) is 11.8 Å². The van der Waals surface area contributed by atoms with Crippen molar-refractivity contribution in [3.63, 3.8) is 0 Å². The Hall–Kier alpha value is -1.59. The standard InChI is InChI=1S/C12H9ClO2/c13-4-2-1-3-10-5-11(8-14)7-12(6-10)9-15/h5-9H,2,4H2. The first-order valence-corrected chi connectivity index (χ1v) is 4.94. The van der Waals surface area contributed by atoms with Gasteiger partial charge in [-0.2, -0.15) is 0 Å². The van der Waals surface area contributed by atoms with Gasteiger partial charge in [0.1, 0.15) is 12.6 Å².